The molecule has 1 aromatic heterocycles. The van der Waals surface area contributed by atoms with Crippen molar-refractivity contribution >= 4 is 10.9 Å². The Kier molecular flexibility index (Phi) is 2.57. The van der Waals surface area contributed by atoms with Gasteiger partial charge in [0.25, 0.3) is 5.56 Å². The fourth-order valence-corrected chi connectivity index (χ4v) is 1.44. The van der Waals surface area contributed by atoms with Gasteiger partial charge in [-0.2, -0.15) is 0 Å². The van der Waals surface area contributed by atoms with Crippen LogP contribution >= 0.6 is 0 Å². The maximum Gasteiger partial charge on any atom is 0.252 e. The molecule has 1 heterocycles. The highest BCUT2D eigenvalue weighted by Gasteiger charge is 2.23. The van der Waals surface area contributed by atoms with E-state index in [2.05, 4.69) is 0 Å². The van der Waals surface area contributed by atoms with Crippen LogP contribution in [0.25, 0.3) is 10.9 Å². The lowest BCUT2D eigenvalue weighted by molar-refractivity contribution is 0.416. The van der Waals surface area contributed by atoms with Crippen molar-refractivity contribution in [3.63, 3.8) is 0 Å². The lowest BCUT2D eigenvalue weighted by Crippen LogP contribution is -2.07. The molecule has 0 saturated carbocycles. The number of halogens is 4. The summed E-state index contributed by atoms with van der Waals surface area (Å²) in [6.45, 7) is 0. The van der Waals surface area contributed by atoms with Gasteiger partial charge in [-0.05, 0) is 0 Å². The highest BCUT2D eigenvalue weighted by molar-refractivity contribution is 5.80. The third-order valence-corrected chi connectivity index (χ3v) is 2.24. The zero-order chi connectivity index (χ0) is 13.6. The fraction of sp³-hybridized carbons (Fsp3) is 0. The Hall–Kier alpha value is -2.38. The number of benzene rings is 1. The van der Waals surface area contributed by atoms with Gasteiger partial charge >= 0.3 is 0 Å². The number of hydrogen-bond acceptors (Lipinski definition) is 3. The first-order valence-corrected chi connectivity index (χ1v) is 4.47. The summed E-state index contributed by atoms with van der Waals surface area (Å²) in [7, 11) is 0. The molecule has 0 aliphatic rings. The molecule has 0 amide bonds. The van der Waals surface area contributed by atoms with Crippen LogP contribution in [-0.4, -0.2) is 10.1 Å². The molecule has 2 N–H and O–H groups in total. The van der Waals surface area contributed by atoms with Gasteiger partial charge in [0.1, 0.15) is 0 Å². The molecule has 0 saturated heterocycles. The van der Waals surface area contributed by atoms with Crippen LogP contribution in [0.3, 0.4) is 0 Å². The zero-order valence-electron chi connectivity index (χ0n) is 8.35. The number of aromatic nitrogens is 1. The highest BCUT2D eigenvalue weighted by atomic mass is 19.2. The van der Waals surface area contributed by atoms with E-state index in [-0.39, 0.29) is 0 Å². The highest BCUT2D eigenvalue weighted by Crippen LogP contribution is 2.22. The largest absolute Gasteiger partial charge is 0.504 e. The average molecular weight is 261 g/mol. The molecule has 1 aromatic carbocycles. The van der Waals surface area contributed by atoms with E-state index in [9.17, 15) is 27.2 Å². The first kappa shape index (κ1) is 12.1. The SMILES string of the molecule is O=c1cc(O)c(=O)c2c(F)c(F)c(F)c(F)c2[nH]1. The van der Waals surface area contributed by atoms with E-state index < -0.39 is 50.9 Å². The van der Waals surface area contributed by atoms with Crippen LogP contribution in [0.2, 0.25) is 0 Å². The average Bonchev–Trinajstić information content (AvgIpc) is 2.42. The fourth-order valence-electron chi connectivity index (χ4n) is 1.44. The number of aromatic amines is 1. The molecule has 0 atom stereocenters. The smallest absolute Gasteiger partial charge is 0.252 e. The van der Waals surface area contributed by atoms with Crippen molar-refractivity contribution in [1.82, 2.24) is 4.98 Å². The molecule has 8 heteroatoms. The maximum absolute atomic E-state index is 13.4. The quantitative estimate of drug-likeness (QED) is 0.424. The molecule has 0 bridgehead atoms. The van der Waals surface area contributed by atoms with Gasteiger partial charge in [-0.3, -0.25) is 9.59 Å². The van der Waals surface area contributed by atoms with Crippen LogP contribution in [0.15, 0.2) is 15.7 Å². The van der Waals surface area contributed by atoms with Crippen LogP contribution in [0, 0.1) is 23.3 Å². The van der Waals surface area contributed by atoms with Crippen molar-refractivity contribution in [2.24, 2.45) is 0 Å². The molecule has 2 aromatic rings. The summed E-state index contributed by atoms with van der Waals surface area (Å²) < 4.78 is 52.6. The van der Waals surface area contributed by atoms with E-state index in [0.717, 1.165) is 0 Å². The minimum absolute atomic E-state index is 0.344. The number of aromatic hydroxyl groups is 1. The molecule has 0 radical (unpaired) electrons. The predicted octanol–water partition coefficient (Wildman–Crippen LogP) is 1.15. The molecular weight excluding hydrogens is 258 g/mol. The Morgan fingerprint density at radius 1 is 0.944 bits per heavy atom. The molecule has 0 spiro atoms. The van der Waals surface area contributed by atoms with E-state index in [1.807, 2.05) is 0 Å². The summed E-state index contributed by atoms with van der Waals surface area (Å²) in [6.07, 6.45) is 0. The van der Waals surface area contributed by atoms with Gasteiger partial charge in [0.2, 0.25) is 5.43 Å². The molecule has 0 fully saturated rings. The van der Waals surface area contributed by atoms with E-state index in [1.165, 1.54) is 0 Å². The Morgan fingerprint density at radius 3 is 2.11 bits per heavy atom. The predicted molar refractivity (Wildman–Crippen MR) is 52.3 cm³/mol. The first-order chi connectivity index (χ1) is 8.34. The van der Waals surface area contributed by atoms with Gasteiger partial charge in [0.05, 0.1) is 10.9 Å². The second-order valence-corrected chi connectivity index (χ2v) is 3.35. The maximum atomic E-state index is 13.4. The molecule has 4 nitrogen and oxygen atoms in total. The van der Waals surface area contributed by atoms with Crippen molar-refractivity contribution in [1.29, 1.82) is 0 Å². The van der Waals surface area contributed by atoms with Crippen LogP contribution < -0.4 is 11.0 Å². The van der Waals surface area contributed by atoms with Crippen LogP contribution in [-0.2, 0) is 0 Å². The lowest BCUT2D eigenvalue weighted by atomic mass is 10.2. The molecular formula is C10H3F4NO3. The van der Waals surface area contributed by atoms with Gasteiger partial charge in [-0.25, -0.2) is 17.6 Å². The Bertz CT molecular complexity index is 785. The molecule has 0 unspecified atom stereocenters. The van der Waals surface area contributed by atoms with E-state index in [4.69, 9.17) is 5.11 Å². The second-order valence-electron chi connectivity index (χ2n) is 3.35. The van der Waals surface area contributed by atoms with Gasteiger partial charge in [0, 0.05) is 6.07 Å². The molecule has 94 valence electrons. The van der Waals surface area contributed by atoms with Crippen molar-refractivity contribution < 1.29 is 22.7 Å². The van der Waals surface area contributed by atoms with Gasteiger partial charge < -0.3 is 10.1 Å². The van der Waals surface area contributed by atoms with Crippen LogP contribution in [0.5, 0.6) is 5.75 Å². The third kappa shape index (κ3) is 1.53. The summed E-state index contributed by atoms with van der Waals surface area (Å²) in [4.78, 5) is 24.1. The molecule has 2 rings (SSSR count). The topological polar surface area (TPSA) is 70.2 Å². The Balaban J connectivity index is 3.31. The monoisotopic (exact) mass is 261 g/mol. The summed E-state index contributed by atoms with van der Waals surface area (Å²) in [5, 5.41) is 7.82. The van der Waals surface area contributed by atoms with Crippen molar-refractivity contribution in [3.05, 3.63) is 49.9 Å². The van der Waals surface area contributed by atoms with E-state index >= 15 is 0 Å². The lowest BCUT2D eigenvalue weighted by Gasteiger charge is -2.00. The number of nitrogens with one attached hydrogen (secondary N) is 1. The summed E-state index contributed by atoms with van der Waals surface area (Å²) in [5.41, 5.74) is -3.86. The summed E-state index contributed by atoms with van der Waals surface area (Å²) >= 11 is 0. The number of H-pyrrole nitrogens is 1. The van der Waals surface area contributed by atoms with Crippen molar-refractivity contribution in [2.75, 3.05) is 0 Å². The van der Waals surface area contributed by atoms with Gasteiger partial charge in [-0.15, -0.1) is 0 Å². The number of fused-ring (bicyclic) bond motifs is 1. The van der Waals surface area contributed by atoms with Crippen molar-refractivity contribution in [3.8, 4) is 5.75 Å². The Labute approximate surface area is 95.1 Å². The minimum Gasteiger partial charge on any atom is -0.504 e. The van der Waals surface area contributed by atoms with E-state index in [1.54, 1.807) is 4.98 Å². The number of rotatable bonds is 0. The van der Waals surface area contributed by atoms with Crippen molar-refractivity contribution in [2.45, 2.75) is 0 Å². The third-order valence-electron chi connectivity index (χ3n) is 2.24. The van der Waals surface area contributed by atoms with Gasteiger partial charge in [-0.1, -0.05) is 0 Å². The zero-order valence-corrected chi connectivity index (χ0v) is 8.35. The van der Waals surface area contributed by atoms with E-state index in [0.29, 0.717) is 6.07 Å². The summed E-state index contributed by atoms with van der Waals surface area (Å²) in [5.74, 6) is -9.50. The Morgan fingerprint density at radius 2 is 1.50 bits per heavy atom. The molecule has 18 heavy (non-hydrogen) atoms. The first-order valence-electron chi connectivity index (χ1n) is 4.47. The molecule has 0 aliphatic carbocycles. The van der Waals surface area contributed by atoms with Gasteiger partial charge in [0.15, 0.2) is 29.0 Å². The summed E-state index contributed by atoms with van der Waals surface area (Å²) in [6, 6.07) is 0.344. The minimum atomic E-state index is -2.21. The number of hydrogen-bond donors (Lipinski definition) is 2. The second kappa shape index (κ2) is 3.83. The van der Waals surface area contributed by atoms with Crippen LogP contribution in [0.4, 0.5) is 17.6 Å². The van der Waals surface area contributed by atoms with Crippen LogP contribution in [0.1, 0.15) is 0 Å². The standard InChI is InChI=1S/C10H3F4NO3/c11-5-4-9(8(14)7(13)6(5)12)15-3(17)1-2(16)10(4)18/h1H,(H,15,17)(H,16,18). The molecule has 0 aliphatic heterocycles. The normalized spacial score (nSPS) is 10.9.